The molecular formula is C21H34IN7OS. The Labute approximate surface area is 205 Å². The molecule has 0 aliphatic carbocycles. The molecule has 0 unspecified atom stereocenters. The van der Waals surface area contributed by atoms with E-state index in [1.54, 1.807) is 4.68 Å². The van der Waals surface area contributed by atoms with Crippen molar-refractivity contribution in [1.82, 2.24) is 25.0 Å². The van der Waals surface area contributed by atoms with E-state index in [4.69, 9.17) is 4.99 Å². The largest absolute Gasteiger partial charge is 0.363 e. The molecular weight excluding hydrogens is 525 g/mol. The van der Waals surface area contributed by atoms with Gasteiger partial charge in [0.15, 0.2) is 5.96 Å². The molecule has 0 aromatic carbocycles. The SMILES string of the molecule is CCNC(=NCCCn1nc2n(c1=O)CCCC2)NC1CCN(c2cccs2)CC1.I. The van der Waals surface area contributed by atoms with Gasteiger partial charge in [-0.05, 0) is 56.5 Å². The third-order valence-electron chi connectivity index (χ3n) is 5.83. The fourth-order valence-electron chi connectivity index (χ4n) is 4.21. The Morgan fingerprint density at radius 3 is 2.84 bits per heavy atom. The Hall–Kier alpha value is -1.56. The molecule has 31 heavy (non-hydrogen) atoms. The number of anilines is 1. The van der Waals surface area contributed by atoms with Gasteiger partial charge < -0.3 is 15.5 Å². The number of hydrogen-bond acceptors (Lipinski definition) is 5. The smallest absolute Gasteiger partial charge is 0.345 e. The lowest BCUT2D eigenvalue weighted by Gasteiger charge is -2.33. The lowest BCUT2D eigenvalue weighted by Crippen LogP contribution is -2.48. The predicted molar refractivity (Wildman–Crippen MR) is 138 cm³/mol. The minimum Gasteiger partial charge on any atom is -0.363 e. The van der Waals surface area contributed by atoms with Gasteiger partial charge >= 0.3 is 5.69 Å². The van der Waals surface area contributed by atoms with Gasteiger partial charge in [-0.3, -0.25) is 9.56 Å². The molecule has 2 aliphatic heterocycles. The van der Waals surface area contributed by atoms with Gasteiger partial charge in [0.25, 0.3) is 0 Å². The number of aliphatic imine (C=N–C) groups is 1. The highest BCUT2D eigenvalue weighted by Crippen LogP contribution is 2.24. The fourth-order valence-corrected chi connectivity index (χ4v) is 5.00. The maximum atomic E-state index is 12.4. The molecule has 2 aliphatic rings. The number of rotatable bonds is 7. The van der Waals surface area contributed by atoms with Gasteiger partial charge in [0.1, 0.15) is 5.82 Å². The van der Waals surface area contributed by atoms with E-state index in [2.05, 4.69) is 45.1 Å². The third kappa shape index (κ3) is 6.24. The molecule has 0 saturated carbocycles. The molecule has 4 heterocycles. The van der Waals surface area contributed by atoms with Gasteiger partial charge in [-0.25, -0.2) is 9.48 Å². The Bertz CT molecular complexity index is 884. The van der Waals surface area contributed by atoms with Crippen molar-refractivity contribution < 1.29 is 0 Å². The lowest BCUT2D eigenvalue weighted by atomic mass is 10.1. The molecule has 2 aromatic heterocycles. The molecule has 1 fully saturated rings. The first-order chi connectivity index (χ1) is 14.7. The van der Waals surface area contributed by atoms with Gasteiger partial charge in [-0.1, -0.05) is 0 Å². The van der Waals surface area contributed by atoms with Crippen molar-refractivity contribution in [1.29, 1.82) is 0 Å². The van der Waals surface area contributed by atoms with Crippen LogP contribution in [-0.2, 0) is 19.5 Å². The van der Waals surface area contributed by atoms with Crippen LogP contribution >= 0.6 is 35.3 Å². The fraction of sp³-hybridized carbons (Fsp3) is 0.667. The van der Waals surface area contributed by atoms with Crippen molar-refractivity contribution in [2.24, 2.45) is 4.99 Å². The van der Waals surface area contributed by atoms with E-state index >= 15 is 0 Å². The first kappa shape index (κ1) is 24.1. The van der Waals surface area contributed by atoms with Crippen molar-refractivity contribution in [3.63, 3.8) is 0 Å². The highest BCUT2D eigenvalue weighted by molar-refractivity contribution is 14.0. The quantitative estimate of drug-likeness (QED) is 0.236. The minimum absolute atomic E-state index is 0. The average molecular weight is 560 g/mol. The molecule has 8 nitrogen and oxygen atoms in total. The first-order valence-corrected chi connectivity index (χ1v) is 12.1. The molecule has 0 radical (unpaired) electrons. The summed E-state index contributed by atoms with van der Waals surface area (Å²) in [5.41, 5.74) is 0.0382. The summed E-state index contributed by atoms with van der Waals surface area (Å²) in [4.78, 5) is 19.6. The number of fused-ring (bicyclic) bond motifs is 1. The number of nitrogens with zero attached hydrogens (tertiary/aromatic N) is 5. The van der Waals surface area contributed by atoms with Gasteiger partial charge in [-0.2, -0.15) is 5.10 Å². The number of aromatic nitrogens is 3. The molecule has 2 aromatic rings. The Morgan fingerprint density at radius 1 is 1.29 bits per heavy atom. The summed E-state index contributed by atoms with van der Waals surface area (Å²) in [5, 5.41) is 15.0. The summed E-state index contributed by atoms with van der Waals surface area (Å²) in [6.07, 6.45) is 6.15. The number of piperidine rings is 1. The molecule has 0 bridgehead atoms. The summed E-state index contributed by atoms with van der Waals surface area (Å²) in [6, 6.07) is 4.76. The van der Waals surface area contributed by atoms with Crippen molar-refractivity contribution in [2.45, 2.75) is 64.6 Å². The normalized spacial score (nSPS) is 17.2. The van der Waals surface area contributed by atoms with Crippen LogP contribution in [0.5, 0.6) is 0 Å². The van der Waals surface area contributed by atoms with E-state index in [0.717, 1.165) is 76.5 Å². The number of guanidine groups is 1. The molecule has 10 heteroatoms. The number of aryl methyl sites for hydroxylation is 2. The van der Waals surface area contributed by atoms with E-state index in [1.165, 1.54) is 5.00 Å². The zero-order chi connectivity index (χ0) is 20.8. The molecule has 1 saturated heterocycles. The van der Waals surface area contributed by atoms with Gasteiger partial charge in [0, 0.05) is 51.7 Å². The highest BCUT2D eigenvalue weighted by Gasteiger charge is 2.21. The topological polar surface area (TPSA) is 79.5 Å². The standard InChI is InChI=1S/C21H33N7OS.HI/c1-2-22-20(24-17-9-14-26(15-10-17)19-8-5-16-30-19)23-11-6-13-28-21(29)27-12-4-3-7-18(27)25-28;/h5,8,16-17H,2-4,6-7,9-15H2,1H3,(H2,22,23,24);1H. The van der Waals surface area contributed by atoms with Crippen LogP contribution < -0.4 is 21.2 Å². The maximum absolute atomic E-state index is 12.4. The zero-order valence-electron chi connectivity index (χ0n) is 18.3. The number of halogens is 1. The Morgan fingerprint density at radius 2 is 2.13 bits per heavy atom. The molecule has 0 atom stereocenters. The monoisotopic (exact) mass is 559 g/mol. The van der Waals surface area contributed by atoms with Gasteiger partial charge in [0.2, 0.25) is 0 Å². The summed E-state index contributed by atoms with van der Waals surface area (Å²) in [7, 11) is 0. The van der Waals surface area contributed by atoms with Crippen molar-refractivity contribution in [3.8, 4) is 0 Å². The van der Waals surface area contributed by atoms with Crippen LogP contribution in [0, 0.1) is 0 Å². The summed E-state index contributed by atoms with van der Waals surface area (Å²) in [5.74, 6) is 1.82. The second-order valence-electron chi connectivity index (χ2n) is 8.00. The van der Waals surface area contributed by atoms with Crippen molar-refractivity contribution >= 4 is 46.3 Å². The molecule has 0 amide bonds. The number of hydrogen-bond donors (Lipinski definition) is 2. The number of thiophene rings is 1. The molecule has 172 valence electrons. The van der Waals surface area contributed by atoms with E-state index in [9.17, 15) is 4.79 Å². The summed E-state index contributed by atoms with van der Waals surface area (Å²) >= 11 is 1.81. The van der Waals surface area contributed by atoms with E-state index < -0.39 is 0 Å². The molecule has 2 N–H and O–H groups in total. The van der Waals surface area contributed by atoms with Gasteiger partial charge in [0.05, 0.1) is 5.00 Å². The number of nitrogens with one attached hydrogen (secondary N) is 2. The Balaban J connectivity index is 0.00000272. The minimum atomic E-state index is 0. The zero-order valence-corrected chi connectivity index (χ0v) is 21.4. The second kappa shape index (κ2) is 11.9. The van der Waals surface area contributed by atoms with Crippen molar-refractivity contribution in [2.75, 3.05) is 31.1 Å². The maximum Gasteiger partial charge on any atom is 0.345 e. The highest BCUT2D eigenvalue weighted by atomic mass is 127. The second-order valence-corrected chi connectivity index (χ2v) is 8.93. The van der Waals surface area contributed by atoms with Crippen LogP contribution in [0.2, 0.25) is 0 Å². The van der Waals surface area contributed by atoms with Crippen LogP contribution in [0.1, 0.15) is 44.9 Å². The molecule has 0 spiro atoms. The van der Waals surface area contributed by atoms with Crippen LogP contribution in [0.3, 0.4) is 0 Å². The van der Waals surface area contributed by atoms with Crippen molar-refractivity contribution in [3.05, 3.63) is 33.8 Å². The van der Waals surface area contributed by atoms with E-state index in [0.29, 0.717) is 19.1 Å². The summed E-state index contributed by atoms with van der Waals surface area (Å²) in [6.45, 7) is 7.20. The Kier molecular flexibility index (Phi) is 9.24. The molecule has 4 rings (SSSR count). The van der Waals surface area contributed by atoms with Crippen LogP contribution in [0.4, 0.5) is 5.00 Å². The lowest BCUT2D eigenvalue weighted by molar-refractivity contribution is 0.462. The van der Waals surface area contributed by atoms with Crippen LogP contribution in [0.15, 0.2) is 27.3 Å². The van der Waals surface area contributed by atoms with Crippen LogP contribution in [-0.4, -0.2) is 52.5 Å². The van der Waals surface area contributed by atoms with Crippen LogP contribution in [0.25, 0.3) is 0 Å². The van der Waals surface area contributed by atoms with Gasteiger partial charge in [-0.15, -0.1) is 35.3 Å². The van der Waals surface area contributed by atoms with E-state index in [-0.39, 0.29) is 29.7 Å². The van der Waals surface area contributed by atoms with E-state index in [1.807, 2.05) is 15.9 Å². The predicted octanol–water partition coefficient (Wildman–Crippen LogP) is 2.67. The third-order valence-corrected chi connectivity index (χ3v) is 6.76. The first-order valence-electron chi connectivity index (χ1n) is 11.2. The summed E-state index contributed by atoms with van der Waals surface area (Å²) < 4.78 is 3.46. The average Bonchev–Trinajstić information content (AvgIpc) is 3.41.